The zero-order valence-corrected chi connectivity index (χ0v) is 16.0. The molecule has 1 N–H and O–H groups in total. The van der Waals surface area contributed by atoms with E-state index in [1.807, 2.05) is 21.9 Å². The second kappa shape index (κ2) is 8.40. The van der Waals surface area contributed by atoms with Gasteiger partial charge >= 0.3 is 0 Å². The topological polar surface area (TPSA) is 55.9 Å². The summed E-state index contributed by atoms with van der Waals surface area (Å²) in [6.07, 6.45) is 3.98. The van der Waals surface area contributed by atoms with Crippen LogP contribution in [-0.4, -0.2) is 74.0 Å². The van der Waals surface area contributed by atoms with E-state index in [9.17, 15) is 9.59 Å². The maximum absolute atomic E-state index is 12.9. The molecule has 146 valence electrons. The summed E-state index contributed by atoms with van der Waals surface area (Å²) in [6.45, 7) is 6.22. The predicted octanol–water partition coefficient (Wildman–Crippen LogP) is 1.11. The van der Waals surface area contributed by atoms with E-state index in [0.717, 1.165) is 77.2 Å². The van der Waals surface area contributed by atoms with Gasteiger partial charge in [0.2, 0.25) is 11.8 Å². The van der Waals surface area contributed by atoms with Gasteiger partial charge in [0.15, 0.2) is 0 Å². The maximum Gasteiger partial charge on any atom is 0.241 e. The van der Waals surface area contributed by atoms with Crippen LogP contribution in [0.5, 0.6) is 0 Å². The van der Waals surface area contributed by atoms with Crippen LogP contribution in [0.15, 0.2) is 24.3 Å². The highest BCUT2D eigenvalue weighted by molar-refractivity contribution is 5.96. The van der Waals surface area contributed by atoms with Gasteiger partial charge in [0.25, 0.3) is 0 Å². The zero-order valence-electron chi connectivity index (χ0n) is 16.0. The number of nitrogens with one attached hydrogen (secondary N) is 1. The van der Waals surface area contributed by atoms with Gasteiger partial charge in [-0.15, -0.1) is 0 Å². The molecule has 2 amide bonds. The lowest BCUT2D eigenvalue weighted by Crippen LogP contribution is -2.53. The number of piperazine rings is 1. The quantitative estimate of drug-likeness (QED) is 0.866. The maximum atomic E-state index is 12.9. The molecule has 0 aromatic heterocycles. The minimum Gasteiger partial charge on any atom is -0.340 e. The van der Waals surface area contributed by atoms with Crippen molar-refractivity contribution in [3.63, 3.8) is 0 Å². The molecule has 0 aliphatic carbocycles. The van der Waals surface area contributed by atoms with E-state index in [2.05, 4.69) is 22.3 Å². The number of hydrogen-bond acceptors (Lipinski definition) is 4. The van der Waals surface area contributed by atoms with E-state index in [1.54, 1.807) is 0 Å². The molecule has 1 aromatic rings. The van der Waals surface area contributed by atoms with E-state index >= 15 is 0 Å². The Morgan fingerprint density at radius 1 is 1.00 bits per heavy atom. The van der Waals surface area contributed by atoms with Crippen LogP contribution in [0.3, 0.4) is 0 Å². The molecule has 2 saturated heterocycles. The molecule has 0 atom stereocenters. The molecule has 3 aliphatic rings. The molecule has 0 radical (unpaired) electrons. The smallest absolute Gasteiger partial charge is 0.241 e. The Kier molecular flexibility index (Phi) is 5.74. The second-order valence-electron chi connectivity index (χ2n) is 7.90. The average molecular weight is 370 g/mol. The van der Waals surface area contributed by atoms with E-state index in [4.69, 9.17) is 0 Å². The van der Waals surface area contributed by atoms with Crippen LogP contribution < -0.4 is 10.2 Å². The Morgan fingerprint density at radius 3 is 2.52 bits per heavy atom. The highest BCUT2D eigenvalue weighted by Crippen LogP contribution is 2.27. The first kappa shape index (κ1) is 18.4. The third-order valence-electron chi connectivity index (χ3n) is 6.14. The highest BCUT2D eigenvalue weighted by atomic mass is 16.2. The summed E-state index contributed by atoms with van der Waals surface area (Å²) in [5, 5.41) is 3.32. The summed E-state index contributed by atoms with van der Waals surface area (Å²) >= 11 is 0. The number of carbonyl (C=O) groups is 2. The number of amides is 2. The summed E-state index contributed by atoms with van der Waals surface area (Å²) in [7, 11) is 0. The molecule has 6 heteroatoms. The number of fused-ring (bicyclic) bond motifs is 1. The molecular formula is C21H30N4O2. The van der Waals surface area contributed by atoms with Gasteiger partial charge in [-0.3, -0.25) is 14.5 Å². The van der Waals surface area contributed by atoms with Crippen molar-refractivity contribution in [3.8, 4) is 0 Å². The number of nitrogens with zero attached hydrogens (tertiary/aromatic N) is 3. The van der Waals surface area contributed by atoms with Crippen molar-refractivity contribution in [2.75, 3.05) is 57.3 Å². The van der Waals surface area contributed by atoms with Crippen LogP contribution in [0.4, 0.5) is 5.69 Å². The summed E-state index contributed by atoms with van der Waals surface area (Å²) in [4.78, 5) is 31.7. The van der Waals surface area contributed by atoms with E-state index in [1.165, 1.54) is 5.56 Å². The van der Waals surface area contributed by atoms with Gasteiger partial charge in [0.1, 0.15) is 0 Å². The van der Waals surface area contributed by atoms with E-state index in [0.29, 0.717) is 12.5 Å². The lowest BCUT2D eigenvalue weighted by atomic mass is 9.96. The molecule has 4 rings (SSSR count). The van der Waals surface area contributed by atoms with Gasteiger partial charge in [-0.1, -0.05) is 18.2 Å². The third kappa shape index (κ3) is 4.17. The Labute approximate surface area is 161 Å². The van der Waals surface area contributed by atoms with Gasteiger partial charge in [0.05, 0.1) is 6.54 Å². The Morgan fingerprint density at radius 2 is 1.74 bits per heavy atom. The SMILES string of the molecule is O=C(C1CCNCC1)N1CCN(CC(=O)N2CCCc3ccccc32)CC1. The standard InChI is InChI=1S/C21H30N4O2/c26-20(25-11-3-5-17-4-1-2-6-19(17)25)16-23-12-14-24(15-13-23)21(27)18-7-9-22-10-8-18/h1-2,4,6,18,22H,3,5,7-16H2. The van der Waals surface area contributed by atoms with Crippen LogP contribution in [-0.2, 0) is 16.0 Å². The molecule has 3 heterocycles. The van der Waals surface area contributed by atoms with Crippen LogP contribution in [0.1, 0.15) is 24.8 Å². The first-order valence-corrected chi connectivity index (χ1v) is 10.3. The normalized spacial score (nSPS) is 21.8. The van der Waals surface area contributed by atoms with Crippen LogP contribution in [0, 0.1) is 5.92 Å². The van der Waals surface area contributed by atoms with Crippen molar-refractivity contribution >= 4 is 17.5 Å². The summed E-state index contributed by atoms with van der Waals surface area (Å²) < 4.78 is 0. The first-order chi connectivity index (χ1) is 13.2. The fourth-order valence-corrected chi connectivity index (χ4v) is 4.52. The largest absolute Gasteiger partial charge is 0.340 e. The molecule has 2 fully saturated rings. The van der Waals surface area contributed by atoms with Gasteiger partial charge in [0, 0.05) is 44.3 Å². The fraction of sp³-hybridized carbons (Fsp3) is 0.619. The number of rotatable bonds is 3. The third-order valence-corrected chi connectivity index (χ3v) is 6.14. The zero-order chi connectivity index (χ0) is 18.6. The minimum atomic E-state index is 0.181. The summed E-state index contributed by atoms with van der Waals surface area (Å²) in [5.74, 6) is 0.678. The van der Waals surface area contributed by atoms with Crippen molar-refractivity contribution in [1.29, 1.82) is 0 Å². The molecule has 27 heavy (non-hydrogen) atoms. The molecule has 1 aromatic carbocycles. The Balaban J connectivity index is 1.29. The first-order valence-electron chi connectivity index (χ1n) is 10.3. The monoisotopic (exact) mass is 370 g/mol. The lowest BCUT2D eigenvalue weighted by Gasteiger charge is -2.38. The number of benzene rings is 1. The van der Waals surface area contributed by atoms with Crippen molar-refractivity contribution < 1.29 is 9.59 Å². The number of para-hydroxylation sites is 1. The van der Waals surface area contributed by atoms with Crippen LogP contribution in [0.25, 0.3) is 0 Å². The highest BCUT2D eigenvalue weighted by Gasteiger charge is 2.30. The molecule has 0 bridgehead atoms. The van der Waals surface area contributed by atoms with Crippen molar-refractivity contribution in [1.82, 2.24) is 15.1 Å². The number of anilines is 1. The number of piperidine rings is 1. The predicted molar refractivity (Wildman–Crippen MR) is 106 cm³/mol. The molecule has 0 saturated carbocycles. The van der Waals surface area contributed by atoms with Crippen molar-refractivity contribution in [3.05, 3.63) is 29.8 Å². The Hall–Kier alpha value is -1.92. The van der Waals surface area contributed by atoms with Gasteiger partial charge in [-0.25, -0.2) is 0 Å². The van der Waals surface area contributed by atoms with E-state index < -0.39 is 0 Å². The molecule has 6 nitrogen and oxygen atoms in total. The Bertz CT molecular complexity index is 679. The number of hydrogen-bond donors (Lipinski definition) is 1. The van der Waals surface area contributed by atoms with Gasteiger partial charge in [-0.2, -0.15) is 0 Å². The number of carbonyl (C=O) groups excluding carboxylic acids is 2. The van der Waals surface area contributed by atoms with Crippen LogP contribution >= 0.6 is 0 Å². The second-order valence-corrected chi connectivity index (χ2v) is 7.90. The lowest BCUT2D eigenvalue weighted by molar-refractivity contribution is -0.138. The molecule has 0 unspecified atom stereocenters. The van der Waals surface area contributed by atoms with Crippen molar-refractivity contribution in [2.24, 2.45) is 5.92 Å². The van der Waals surface area contributed by atoms with Crippen molar-refractivity contribution in [2.45, 2.75) is 25.7 Å². The molecular weight excluding hydrogens is 340 g/mol. The molecule has 0 spiro atoms. The van der Waals surface area contributed by atoms with Gasteiger partial charge < -0.3 is 15.1 Å². The molecule has 3 aliphatic heterocycles. The number of aryl methyl sites for hydroxylation is 1. The average Bonchev–Trinajstić information content (AvgIpc) is 2.74. The summed E-state index contributed by atoms with van der Waals surface area (Å²) in [6, 6.07) is 8.24. The summed E-state index contributed by atoms with van der Waals surface area (Å²) in [5.41, 5.74) is 2.35. The van der Waals surface area contributed by atoms with Crippen LogP contribution in [0.2, 0.25) is 0 Å². The van der Waals surface area contributed by atoms with E-state index in [-0.39, 0.29) is 11.8 Å². The van der Waals surface area contributed by atoms with Gasteiger partial charge in [-0.05, 0) is 50.4 Å². The minimum absolute atomic E-state index is 0.181. The fourth-order valence-electron chi connectivity index (χ4n) is 4.52.